The zero-order valence-electron chi connectivity index (χ0n) is 10.8. The molecule has 6 heteroatoms. The third kappa shape index (κ3) is 3.11. The minimum Gasteiger partial charge on any atom is -0.352 e. The second kappa shape index (κ2) is 6.52. The molecular weight excluding hydrogens is 347 g/mol. The standard InChI is InChI=1S/C14H10N3OS.Y/c1-10(18)12-7-15-17(8-12)14-16-13(9-19-14)11-5-3-2-4-6-11;/h2-7,9H,1H3;/q-1;. The van der Waals surface area contributed by atoms with Crippen LogP contribution in [-0.2, 0) is 32.7 Å². The fraction of sp³-hybridized carbons (Fsp3) is 0.0714. The number of hydrogen-bond acceptors (Lipinski definition) is 4. The zero-order valence-corrected chi connectivity index (χ0v) is 14.4. The van der Waals surface area contributed by atoms with Gasteiger partial charge in [0.15, 0.2) is 0 Å². The van der Waals surface area contributed by atoms with Crippen molar-refractivity contribution in [3.05, 3.63) is 53.7 Å². The summed E-state index contributed by atoms with van der Waals surface area (Å²) in [5.41, 5.74) is 2.43. The van der Waals surface area contributed by atoms with E-state index in [4.69, 9.17) is 0 Å². The number of carbonyl (C=O) groups excluding carboxylic acids is 1. The number of Topliss-reactive ketones (excluding diaryl/α,β-unsaturated/α-hetero) is 1. The van der Waals surface area contributed by atoms with Crippen molar-refractivity contribution >= 4 is 17.1 Å². The van der Waals surface area contributed by atoms with Crippen LogP contribution in [-0.4, -0.2) is 20.5 Å². The van der Waals surface area contributed by atoms with E-state index in [9.17, 15) is 4.79 Å². The summed E-state index contributed by atoms with van der Waals surface area (Å²) in [6.45, 7) is 1.50. The van der Waals surface area contributed by atoms with Gasteiger partial charge in [-0.05, 0) is 19.3 Å². The second-order valence-electron chi connectivity index (χ2n) is 4.02. The van der Waals surface area contributed by atoms with Crippen LogP contribution in [0.4, 0.5) is 0 Å². The van der Waals surface area contributed by atoms with Crippen LogP contribution >= 0.6 is 11.3 Å². The van der Waals surface area contributed by atoms with Crippen LogP contribution in [0.1, 0.15) is 17.3 Å². The number of hydrogen-bond donors (Lipinski definition) is 0. The second-order valence-corrected chi connectivity index (χ2v) is 4.86. The number of ketones is 1. The van der Waals surface area contributed by atoms with Gasteiger partial charge >= 0.3 is 0 Å². The zero-order chi connectivity index (χ0) is 13.2. The van der Waals surface area contributed by atoms with Gasteiger partial charge in [-0.25, -0.2) is 5.10 Å². The Bertz CT molecular complexity index is 721. The van der Waals surface area contributed by atoms with Gasteiger partial charge in [0.25, 0.3) is 0 Å². The molecule has 1 radical (unpaired) electrons. The molecule has 0 aliphatic carbocycles. The molecule has 4 nitrogen and oxygen atoms in total. The molecule has 1 aromatic carbocycles. The molecule has 0 fully saturated rings. The third-order valence-corrected chi connectivity index (χ3v) is 3.47. The van der Waals surface area contributed by atoms with Gasteiger partial charge in [0, 0.05) is 43.7 Å². The van der Waals surface area contributed by atoms with Gasteiger partial charge in [0.1, 0.15) is 5.13 Å². The quantitative estimate of drug-likeness (QED) is 0.535. The van der Waals surface area contributed by atoms with E-state index in [1.165, 1.54) is 29.1 Å². The van der Waals surface area contributed by atoms with E-state index in [1.54, 1.807) is 0 Å². The molecule has 97 valence electrons. The fourth-order valence-electron chi connectivity index (χ4n) is 1.66. The minimum absolute atomic E-state index is 0. The van der Waals surface area contributed by atoms with Crippen molar-refractivity contribution in [3.8, 4) is 16.4 Å². The maximum atomic E-state index is 11.2. The summed E-state index contributed by atoms with van der Waals surface area (Å²) in [4.78, 5) is 15.7. The van der Waals surface area contributed by atoms with Gasteiger partial charge in [0.2, 0.25) is 0 Å². The first-order valence-electron chi connectivity index (χ1n) is 5.73. The van der Waals surface area contributed by atoms with Crippen molar-refractivity contribution in [3.63, 3.8) is 0 Å². The molecule has 0 unspecified atom stereocenters. The van der Waals surface area contributed by atoms with Crippen molar-refractivity contribution in [1.82, 2.24) is 14.8 Å². The summed E-state index contributed by atoms with van der Waals surface area (Å²) in [7, 11) is 0. The number of carbonyl (C=O) groups is 1. The van der Waals surface area contributed by atoms with Crippen LogP contribution in [0.15, 0.2) is 41.9 Å². The van der Waals surface area contributed by atoms with Crippen LogP contribution in [0.5, 0.6) is 0 Å². The molecule has 0 spiro atoms. The Hall–Kier alpha value is -1.17. The van der Waals surface area contributed by atoms with Gasteiger partial charge in [-0.2, -0.15) is 11.3 Å². The molecule has 0 bridgehead atoms. The van der Waals surface area contributed by atoms with Gasteiger partial charge in [-0.15, -0.1) is 0 Å². The van der Waals surface area contributed by atoms with Crippen LogP contribution < -0.4 is 0 Å². The number of benzene rings is 1. The molecule has 20 heavy (non-hydrogen) atoms. The summed E-state index contributed by atoms with van der Waals surface area (Å²) in [5, 5.41) is 6.77. The Labute approximate surface area is 145 Å². The summed E-state index contributed by atoms with van der Waals surface area (Å²) >= 11 is 1.47. The predicted octanol–water partition coefficient (Wildman–Crippen LogP) is 3.00. The van der Waals surface area contributed by atoms with Gasteiger partial charge < -0.3 is 9.48 Å². The van der Waals surface area contributed by atoms with Crippen molar-refractivity contribution in [1.29, 1.82) is 0 Å². The molecule has 0 saturated heterocycles. The molecule has 2 heterocycles. The van der Waals surface area contributed by atoms with E-state index < -0.39 is 0 Å². The maximum absolute atomic E-state index is 11.2. The first-order valence-corrected chi connectivity index (χ1v) is 6.61. The van der Waals surface area contributed by atoms with E-state index in [0.717, 1.165) is 11.3 Å². The summed E-state index contributed by atoms with van der Waals surface area (Å²) in [6.07, 6.45) is 4.40. The molecule has 2 aromatic heterocycles. The first kappa shape index (κ1) is 15.2. The Morgan fingerprint density at radius 1 is 1.30 bits per heavy atom. The van der Waals surface area contributed by atoms with Crippen molar-refractivity contribution in [2.24, 2.45) is 0 Å². The van der Waals surface area contributed by atoms with Crippen LogP contribution in [0, 0.1) is 6.20 Å². The fourth-order valence-corrected chi connectivity index (χ4v) is 2.41. The Morgan fingerprint density at radius 2 is 2.05 bits per heavy atom. The van der Waals surface area contributed by atoms with E-state index in [-0.39, 0.29) is 38.5 Å². The normalized spacial score (nSPS) is 10.1. The Morgan fingerprint density at radius 3 is 2.70 bits per heavy atom. The summed E-state index contributed by atoms with van der Waals surface area (Å²) in [5.74, 6) is -0.0499. The van der Waals surface area contributed by atoms with E-state index >= 15 is 0 Å². The smallest absolute Gasteiger partial charge is 0.135 e. The third-order valence-electron chi connectivity index (χ3n) is 2.65. The van der Waals surface area contributed by atoms with Gasteiger partial charge in [-0.1, -0.05) is 35.9 Å². The van der Waals surface area contributed by atoms with Crippen LogP contribution in [0.25, 0.3) is 16.4 Å². The molecular formula is C14H10N3OSY-. The molecule has 0 amide bonds. The monoisotopic (exact) mass is 357 g/mol. The van der Waals surface area contributed by atoms with Crippen LogP contribution in [0.3, 0.4) is 0 Å². The molecule has 3 aromatic rings. The van der Waals surface area contributed by atoms with E-state index in [1.807, 2.05) is 35.7 Å². The van der Waals surface area contributed by atoms with E-state index in [0.29, 0.717) is 10.7 Å². The predicted molar refractivity (Wildman–Crippen MR) is 73.5 cm³/mol. The Balaban J connectivity index is 0.00000147. The van der Waals surface area contributed by atoms with Crippen molar-refractivity contribution in [2.45, 2.75) is 6.92 Å². The summed E-state index contributed by atoms with van der Waals surface area (Å²) < 4.78 is 1.51. The van der Waals surface area contributed by atoms with Crippen molar-refractivity contribution < 1.29 is 37.5 Å². The molecule has 0 aliphatic heterocycles. The maximum Gasteiger partial charge on any atom is 0.135 e. The minimum atomic E-state index is -0.0499. The van der Waals surface area contributed by atoms with Gasteiger partial charge in [-0.3, -0.25) is 4.98 Å². The average molecular weight is 357 g/mol. The number of rotatable bonds is 3. The van der Waals surface area contributed by atoms with E-state index in [2.05, 4.69) is 16.3 Å². The molecule has 0 saturated carbocycles. The number of aromatic nitrogens is 3. The molecule has 0 atom stereocenters. The topological polar surface area (TPSA) is 47.8 Å². The molecule has 0 aliphatic rings. The summed E-state index contributed by atoms with van der Waals surface area (Å²) in [6, 6.07) is 9.93. The molecule has 3 rings (SSSR count). The van der Waals surface area contributed by atoms with Gasteiger partial charge in [0.05, 0.1) is 11.5 Å². The van der Waals surface area contributed by atoms with Crippen molar-refractivity contribution in [2.75, 3.05) is 0 Å². The largest absolute Gasteiger partial charge is 0.352 e. The molecule has 0 N–H and O–H groups in total. The Kier molecular flexibility index (Phi) is 4.97. The number of thiazole rings is 1. The van der Waals surface area contributed by atoms with Crippen LogP contribution in [0.2, 0.25) is 0 Å². The average Bonchev–Trinajstić information content (AvgIpc) is 3.09. The number of nitrogens with zero attached hydrogens (tertiary/aromatic N) is 3. The first-order chi connectivity index (χ1) is 9.24. The SMILES string of the molecule is CC(=O)c1[c-]n(-c2nc(-c3ccccc3)cs2)nc1.[Y].